The van der Waals surface area contributed by atoms with Gasteiger partial charge in [0.15, 0.2) is 0 Å². The highest BCUT2D eigenvalue weighted by molar-refractivity contribution is 5.92. The molecule has 28 heavy (non-hydrogen) atoms. The number of rotatable bonds is 7. The Morgan fingerprint density at radius 2 is 1.82 bits per heavy atom. The van der Waals surface area contributed by atoms with Crippen LogP contribution in [0.4, 0.5) is 16.2 Å². The van der Waals surface area contributed by atoms with Crippen LogP contribution in [0, 0.1) is 5.92 Å². The van der Waals surface area contributed by atoms with E-state index in [-0.39, 0.29) is 11.8 Å². The van der Waals surface area contributed by atoms with E-state index in [0.717, 1.165) is 16.9 Å². The van der Waals surface area contributed by atoms with Gasteiger partial charge in [0.25, 0.3) is 0 Å². The molecular formula is C21H24N4O3. The number of amides is 2. The number of ether oxygens (including phenoxy) is 1. The van der Waals surface area contributed by atoms with Crippen LogP contribution in [0.5, 0.6) is 0 Å². The summed E-state index contributed by atoms with van der Waals surface area (Å²) in [6, 6.07) is 14.7. The van der Waals surface area contributed by atoms with Crippen LogP contribution in [0.3, 0.4) is 0 Å². The number of carbonyl (C=O) groups is 2. The summed E-state index contributed by atoms with van der Waals surface area (Å²) in [6.45, 7) is 4.29. The Balaban J connectivity index is 1.51. The summed E-state index contributed by atoms with van der Waals surface area (Å²) in [6.07, 6.45) is 0.301. The van der Waals surface area contributed by atoms with E-state index in [2.05, 4.69) is 20.6 Å². The van der Waals surface area contributed by atoms with Gasteiger partial charge in [-0.1, -0.05) is 32.0 Å². The van der Waals surface area contributed by atoms with Crippen LogP contribution in [-0.2, 0) is 16.0 Å². The predicted molar refractivity (Wildman–Crippen MR) is 109 cm³/mol. The Labute approximate surface area is 163 Å². The van der Waals surface area contributed by atoms with Gasteiger partial charge in [-0.25, -0.2) is 9.78 Å². The molecule has 0 radical (unpaired) electrons. The summed E-state index contributed by atoms with van der Waals surface area (Å²) >= 11 is 0. The smallest absolute Gasteiger partial charge is 0.411 e. The van der Waals surface area contributed by atoms with Crippen LogP contribution < -0.4 is 10.6 Å². The molecule has 3 rings (SSSR count). The molecule has 7 nitrogen and oxygen atoms in total. The van der Waals surface area contributed by atoms with Gasteiger partial charge in [0.2, 0.25) is 5.91 Å². The molecule has 0 aliphatic rings. The monoisotopic (exact) mass is 380 g/mol. The standard InChI is InChI=1S/C21H24N4O3/c1-14(2)13-28-21(27)23-16-7-5-6-15(12-16)22-20(26)11-10-19-24-17-8-3-4-9-18(17)25-19/h3-9,12,14H,10-11,13H2,1-2H3,(H,22,26)(H,23,27)(H,24,25). The molecule has 0 fully saturated rings. The minimum Gasteiger partial charge on any atom is -0.449 e. The summed E-state index contributed by atoms with van der Waals surface area (Å²) in [4.78, 5) is 31.7. The second kappa shape index (κ2) is 9.03. The molecule has 0 unspecified atom stereocenters. The molecule has 1 heterocycles. The van der Waals surface area contributed by atoms with Crippen molar-refractivity contribution < 1.29 is 14.3 Å². The zero-order valence-corrected chi connectivity index (χ0v) is 16.0. The Hall–Kier alpha value is -3.35. The van der Waals surface area contributed by atoms with E-state index < -0.39 is 6.09 Å². The highest BCUT2D eigenvalue weighted by Gasteiger charge is 2.09. The lowest BCUT2D eigenvalue weighted by atomic mass is 10.2. The fourth-order valence-electron chi connectivity index (χ4n) is 2.65. The molecule has 3 aromatic rings. The number of H-pyrrole nitrogens is 1. The molecule has 0 aliphatic heterocycles. The van der Waals surface area contributed by atoms with E-state index in [1.165, 1.54) is 0 Å². The maximum atomic E-state index is 12.2. The van der Waals surface area contributed by atoms with Gasteiger partial charge < -0.3 is 15.0 Å². The summed E-state index contributed by atoms with van der Waals surface area (Å²) in [7, 11) is 0. The van der Waals surface area contributed by atoms with Gasteiger partial charge in [0.1, 0.15) is 5.82 Å². The second-order valence-electron chi connectivity index (χ2n) is 6.95. The first-order valence-electron chi connectivity index (χ1n) is 9.27. The number of aromatic nitrogens is 2. The van der Waals surface area contributed by atoms with Crippen molar-refractivity contribution >= 4 is 34.4 Å². The minimum atomic E-state index is -0.512. The van der Waals surface area contributed by atoms with E-state index in [4.69, 9.17) is 4.74 Å². The predicted octanol–water partition coefficient (Wildman–Crippen LogP) is 4.34. The highest BCUT2D eigenvalue weighted by Crippen LogP contribution is 2.16. The first-order valence-corrected chi connectivity index (χ1v) is 9.27. The van der Waals surface area contributed by atoms with Gasteiger partial charge in [-0.05, 0) is 36.2 Å². The van der Waals surface area contributed by atoms with E-state index in [1.54, 1.807) is 24.3 Å². The number of hydrogen-bond donors (Lipinski definition) is 3. The summed E-state index contributed by atoms with van der Waals surface area (Å²) < 4.78 is 5.09. The van der Waals surface area contributed by atoms with Crippen molar-refractivity contribution in [1.29, 1.82) is 0 Å². The zero-order chi connectivity index (χ0) is 19.9. The maximum Gasteiger partial charge on any atom is 0.411 e. The third kappa shape index (κ3) is 5.57. The van der Waals surface area contributed by atoms with Crippen LogP contribution in [-0.4, -0.2) is 28.6 Å². The average Bonchev–Trinajstić information content (AvgIpc) is 3.08. The number of nitrogens with zero attached hydrogens (tertiary/aromatic N) is 1. The largest absolute Gasteiger partial charge is 0.449 e. The van der Waals surface area contributed by atoms with Gasteiger partial charge in [-0.2, -0.15) is 0 Å². The number of carbonyl (C=O) groups excluding carboxylic acids is 2. The van der Waals surface area contributed by atoms with Crippen molar-refractivity contribution in [3.8, 4) is 0 Å². The van der Waals surface area contributed by atoms with Gasteiger partial charge in [-0.15, -0.1) is 0 Å². The third-order valence-corrected chi connectivity index (χ3v) is 3.97. The maximum absolute atomic E-state index is 12.2. The van der Waals surface area contributed by atoms with Crippen LogP contribution in [0.1, 0.15) is 26.1 Å². The molecule has 0 saturated heterocycles. The molecule has 0 saturated carbocycles. The van der Waals surface area contributed by atoms with Crippen molar-refractivity contribution in [2.24, 2.45) is 5.92 Å². The number of para-hydroxylation sites is 2. The van der Waals surface area contributed by atoms with E-state index in [9.17, 15) is 9.59 Å². The molecule has 2 aromatic carbocycles. The quantitative estimate of drug-likeness (QED) is 0.568. The molecule has 0 spiro atoms. The number of aryl methyl sites for hydroxylation is 1. The number of fused-ring (bicyclic) bond motifs is 1. The third-order valence-electron chi connectivity index (χ3n) is 3.97. The van der Waals surface area contributed by atoms with Crippen LogP contribution >= 0.6 is 0 Å². The average molecular weight is 380 g/mol. The van der Waals surface area contributed by atoms with Crippen LogP contribution in [0.2, 0.25) is 0 Å². The molecule has 146 valence electrons. The number of benzene rings is 2. The second-order valence-corrected chi connectivity index (χ2v) is 6.95. The molecule has 2 amide bonds. The SMILES string of the molecule is CC(C)COC(=O)Nc1cccc(NC(=O)CCc2nc3ccccc3[nH]2)c1. The van der Waals surface area contributed by atoms with Crippen molar-refractivity contribution in [3.63, 3.8) is 0 Å². The molecule has 3 N–H and O–H groups in total. The number of anilines is 2. The molecule has 1 aromatic heterocycles. The first kappa shape index (κ1) is 19.4. The van der Waals surface area contributed by atoms with Crippen molar-refractivity contribution in [2.75, 3.05) is 17.2 Å². The molecule has 7 heteroatoms. The lowest BCUT2D eigenvalue weighted by Crippen LogP contribution is -2.17. The van der Waals surface area contributed by atoms with Crippen molar-refractivity contribution in [3.05, 3.63) is 54.4 Å². The fourth-order valence-corrected chi connectivity index (χ4v) is 2.65. The van der Waals surface area contributed by atoms with Gasteiger partial charge in [-0.3, -0.25) is 10.1 Å². The number of imidazole rings is 1. The Bertz CT molecular complexity index is 932. The number of aromatic amines is 1. The normalized spacial score (nSPS) is 10.8. The summed E-state index contributed by atoms with van der Waals surface area (Å²) in [5.41, 5.74) is 3.02. The Morgan fingerprint density at radius 1 is 1.07 bits per heavy atom. The van der Waals surface area contributed by atoms with Crippen LogP contribution in [0.25, 0.3) is 11.0 Å². The van der Waals surface area contributed by atoms with Crippen LogP contribution in [0.15, 0.2) is 48.5 Å². The topological polar surface area (TPSA) is 96.1 Å². The molecule has 0 atom stereocenters. The minimum absolute atomic E-state index is 0.125. The fraction of sp³-hybridized carbons (Fsp3) is 0.286. The van der Waals surface area contributed by atoms with Gasteiger partial charge in [0, 0.05) is 24.2 Å². The Morgan fingerprint density at radius 3 is 2.57 bits per heavy atom. The van der Waals surface area contributed by atoms with Gasteiger partial charge >= 0.3 is 6.09 Å². The highest BCUT2D eigenvalue weighted by atomic mass is 16.5. The number of hydrogen-bond acceptors (Lipinski definition) is 4. The molecular weight excluding hydrogens is 356 g/mol. The molecule has 0 aliphatic carbocycles. The van der Waals surface area contributed by atoms with E-state index in [0.29, 0.717) is 30.8 Å². The number of nitrogens with one attached hydrogen (secondary N) is 3. The van der Waals surface area contributed by atoms with Crippen molar-refractivity contribution in [1.82, 2.24) is 9.97 Å². The lowest BCUT2D eigenvalue weighted by molar-refractivity contribution is -0.116. The summed E-state index contributed by atoms with van der Waals surface area (Å²) in [5.74, 6) is 0.919. The van der Waals surface area contributed by atoms with Crippen molar-refractivity contribution in [2.45, 2.75) is 26.7 Å². The zero-order valence-electron chi connectivity index (χ0n) is 16.0. The molecule has 0 bridgehead atoms. The van der Waals surface area contributed by atoms with Gasteiger partial charge in [0.05, 0.1) is 17.6 Å². The van der Waals surface area contributed by atoms with E-state index in [1.807, 2.05) is 38.1 Å². The first-order chi connectivity index (χ1) is 13.5. The summed E-state index contributed by atoms with van der Waals surface area (Å²) in [5, 5.41) is 5.49. The van der Waals surface area contributed by atoms with E-state index >= 15 is 0 Å². The lowest BCUT2D eigenvalue weighted by Gasteiger charge is -2.10. The Kier molecular flexibility index (Phi) is 6.26.